The second-order valence-corrected chi connectivity index (χ2v) is 7.96. The standard InChI is InChI=1S/C27H26N2O5/c1-16-12-17(2)14-19(13-16)29-26(30)24(18-6-8-20(32-3)9-7-18)25(27(29)31)28-22-15-21(33-4)10-11-23(22)34-5/h6-15,28H,1-5H3. The summed E-state index contributed by atoms with van der Waals surface area (Å²) in [7, 11) is 4.66. The van der Waals surface area contributed by atoms with Gasteiger partial charge in [0.2, 0.25) is 0 Å². The van der Waals surface area contributed by atoms with Gasteiger partial charge >= 0.3 is 0 Å². The van der Waals surface area contributed by atoms with Crippen LogP contribution in [0.4, 0.5) is 11.4 Å². The maximum Gasteiger partial charge on any atom is 0.282 e. The second-order valence-electron chi connectivity index (χ2n) is 7.96. The summed E-state index contributed by atoms with van der Waals surface area (Å²) in [5.41, 5.74) is 3.95. The molecule has 7 heteroatoms. The summed E-state index contributed by atoms with van der Waals surface area (Å²) < 4.78 is 16.0. The number of imide groups is 1. The quantitative estimate of drug-likeness (QED) is 0.516. The molecule has 1 heterocycles. The number of hydrogen-bond donors (Lipinski definition) is 1. The molecule has 2 amide bonds. The lowest BCUT2D eigenvalue weighted by Gasteiger charge is -2.17. The number of aryl methyl sites for hydroxylation is 2. The molecule has 0 radical (unpaired) electrons. The minimum Gasteiger partial charge on any atom is -0.497 e. The van der Waals surface area contributed by atoms with Gasteiger partial charge in [-0.2, -0.15) is 0 Å². The Morgan fingerprint density at radius 2 is 1.32 bits per heavy atom. The van der Waals surface area contributed by atoms with Crippen LogP contribution >= 0.6 is 0 Å². The van der Waals surface area contributed by atoms with E-state index in [0.717, 1.165) is 11.1 Å². The lowest BCUT2D eigenvalue weighted by atomic mass is 10.0. The molecule has 0 fully saturated rings. The molecule has 1 aliphatic rings. The van der Waals surface area contributed by atoms with Crippen LogP contribution in [0.1, 0.15) is 16.7 Å². The third-order valence-electron chi connectivity index (χ3n) is 5.59. The second kappa shape index (κ2) is 9.31. The number of rotatable bonds is 7. The molecule has 0 spiro atoms. The predicted molar refractivity (Wildman–Crippen MR) is 131 cm³/mol. The number of hydrogen-bond acceptors (Lipinski definition) is 6. The summed E-state index contributed by atoms with van der Waals surface area (Å²) in [6.45, 7) is 3.86. The van der Waals surface area contributed by atoms with Crippen LogP contribution in [-0.4, -0.2) is 33.1 Å². The van der Waals surface area contributed by atoms with Crippen molar-refractivity contribution in [2.75, 3.05) is 31.5 Å². The SMILES string of the molecule is COc1ccc(C2=C(Nc3cc(OC)ccc3OC)C(=O)N(c3cc(C)cc(C)c3)C2=O)cc1. The van der Waals surface area contributed by atoms with Crippen molar-refractivity contribution in [1.82, 2.24) is 0 Å². The van der Waals surface area contributed by atoms with Crippen molar-refractivity contribution >= 4 is 28.8 Å². The van der Waals surface area contributed by atoms with E-state index < -0.39 is 11.8 Å². The minimum atomic E-state index is -0.453. The Morgan fingerprint density at radius 3 is 1.91 bits per heavy atom. The summed E-state index contributed by atoms with van der Waals surface area (Å²) in [6, 6.07) is 17.9. The van der Waals surface area contributed by atoms with Crippen molar-refractivity contribution in [3.8, 4) is 17.2 Å². The highest BCUT2D eigenvalue weighted by atomic mass is 16.5. The van der Waals surface area contributed by atoms with E-state index in [0.29, 0.717) is 34.2 Å². The molecule has 0 bridgehead atoms. The molecule has 7 nitrogen and oxygen atoms in total. The molecular formula is C27H26N2O5. The maximum atomic E-state index is 13.7. The van der Waals surface area contributed by atoms with Crippen LogP contribution in [0.15, 0.2) is 66.4 Å². The number of anilines is 2. The first-order valence-corrected chi connectivity index (χ1v) is 10.7. The van der Waals surface area contributed by atoms with E-state index in [1.807, 2.05) is 32.0 Å². The zero-order valence-electron chi connectivity index (χ0n) is 19.8. The third-order valence-corrected chi connectivity index (χ3v) is 5.59. The fraction of sp³-hybridized carbons (Fsp3) is 0.185. The van der Waals surface area contributed by atoms with Gasteiger partial charge in [0.25, 0.3) is 11.8 Å². The Kier molecular flexibility index (Phi) is 6.27. The Bertz CT molecular complexity index is 1270. The fourth-order valence-corrected chi connectivity index (χ4v) is 4.03. The Morgan fingerprint density at radius 1 is 0.706 bits per heavy atom. The molecule has 0 saturated carbocycles. The molecule has 0 atom stereocenters. The average molecular weight is 459 g/mol. The molecule has 1 aliphatic heterocycles. The van der Waals surface area contributed by atoms with Crippen LogP contribution in [0.3, 0.4) is 0 Å². The Labute approximate surface area is 198 Å². The predicted octanol–water partition coefficient (Wildman–Crippen LogP) is 4.73. The Hall–Kier alpha value is -4.26. The van der Waals surface area contributed by atoms with Crippen LogP contribution in [0.25, 0.3) is 5.57 Å². The molecule has 174 valence electrons. The molecule has 0 unspecified atom stereocenters. The van der Waals surface area contributed by atoms with Gasteiger partial charge in [0, 0.05) is 6.07 Å². The van der Waals surface area contributed by atoms with E-state index in [2.05, 4.69) is 5.32 Å². The number of methoxy groups -OCH3 is 3. The van der Waals surface area contributed by atoms with Gasteiger partial charge in [-0.3, -0.25) is 9.59 Å². The summed E-state index contributed by atoms with van der Waals surface area (Å²) >= 11 is 0. The van der Waals surface area contributed by atoms with Gasteiger partial charge in [-0.25, -0.2) is 4.90 Å². The van der Waals surface area contributed by atoms with Crippen LogP contribution in [0, 0.1) is 13.8 Å². The normalized spacial score (nSPS) is 13.4. The summed E-state index contributed by atoms with van der Waals surface area (Å²) in [5, 5.41) is 3.15. The largest absolute Gasteiger partial charge is 0.497 e. The maximum absolute atomic E-state index is 13.7. The minimum absolute atomic E-state index is 0.154. The summed E-state index contributed by atoms with van der Waals surface area (Å²) in [5.74, 6) is 0.872. The lowest BCUT2D eigenvalue weighted by molar-refractivity contribution is -0.120. The van der Waals surface area contributed by atoms with Crippen molar-refractivity contribution in [2.24, 2.45) is 0 Å². The highest BCUT2D eigenvalue weighted by molar-refractivity contribution is 6.46. The van der Waals surface area contributed by atoms with Crippen LogP contribution in [-0.2, 0) is 9.59 Å². The van der Waals surface area contributed by atoms with Gasteiger partial charge in [-0.05, 0) is 66.9 Å². The molecule has 4 rings (SSSR count). The van der Waals surface area contributed by atoms with Gasteiger partial charge in [0.1, 0.15) is 22.9 Å². The number of benzene rings is 3. The van der Waals surface area contributed by atoms with Crippen molar-refractivity contribution < 1.29 is 23.8 Å². The first-order valence-electron chi connectivity index (χ1n) is 10.7. The lowest BCUT2D eigenvalue weighted by Crippen LogP contribution is -2.32. The fourth-order valence-electron chi connectivity index (χ4n) is 4.03. The molecule has 0 saturated heterocycles. The van der Waals surface area contributed by atoms with E-state index in [1.54, 1.807) is 56.7 Å². The number of carbonyl (C=O) groups excluding carboxylic acids is 2. The van der Waals surface area contributed by atoms with Crippen molar-refractivity contribution in [2.45, 2.75) is 13.8 Å². The van der Waals surface area contributed by atoms with E-state index in [-0.39, 0.29) is 11.3 Å². The van der Waals surface area contributed by atoms with Crippen LogP contribution in [0.2, 0.25) is 0 Å². The topological polar surface area (TPSA) is 77.1 Å². The highest BCUT2D eigenvalue weighted by Gasteiger charge is 2.40. The Balaban J connectivity index is 1.86. The van der Waals surface area contributed by atoms with Crippen molar-refractivity contribution in [3.63, 3.8) is 0 Å². The molecule has 34 heavy (non-hydrogen) atoms. The zero-order valence-corrected chi connectivity index (χ0v) is 19.8. The third kappa shape index (κ3) is 4.20. The van der Waals surface area contributed by atoms with E-state index >= 15 is 0 Å². The van der Waals surface area contributed by atoms with Gasteiger partial charge in [0.15, 0.2) is 0 Å². The number of ether oxygens (including phenoxy) is 3. The number of carbonyl (C=O) groups is 2. The van der Waals surface area contributed by atoms with E-state index in [1.165, 1.54) is 12.0 Å². The first kappa shape index (κ1) is 22.9. The first-order chi connectivity index (χ1) is 16.4. The molecule has 0 aromatic heterocycles. The summed E-state index contributed by atoms with van der Waals surface area (Å²) in [6.07, 6.45) is 0. The average Bonchev–Trinajstić information content (AvgIpc) is 3.07. The number of amides is 2. The number of nitrogens with zero attached hydrogens (tertiary/aromatic N) is 1. The smallest absolute Gasteiger partial charge is 0.282 e. The molecule has 3 aromatic rings. The molecule has 0 aliphatic carbocycles. The molecule has 1 N–H and O–H groups in total. The van der Waals surface area contributed by atoms with E-state index in [4.69, 9.17) is 14.2 Å². The molecular weight excluding hydrogens is 432 g/mol. The highest BCUT2D eigenvalue weighted by Crippen LogP contribution is 2.37. The summed E-state index contributed by atoms with van der Waals surface area (Å²) in [4.78, 5) is 28.6. The van der Waals surface area contributed by atoms with Gasteiger partial charge in [-0.15, -0.1) is 0 Å². The van der Waals surface area contributed by atoms with E-state index in [9.17, 15) is 9.59 Å². The van der Waals surface area contributed by atoms with Gasteiger partial charge < -0.3 is 19.5 Å². The zero-order chi connectivity index (χ0) is 24.4. The van der Waals surface area contributed by atoms with Crippen molar-refractivity contribution in [3.05, 3.63) is 83.1 Å². The van der Waals surface area contributed by atoms with Gasteiger partial charge in [-0.1, -0.05) is 18.2 Å². The van der Waals surface area contributed by atoms with Gasteiger partial charge in [0.05, 0.1) is 38.3 Å². The van der Waals surface area contributed by atoms with Crippen LogP contribution < -0.4 is 24.4 Å². The van der Waals surface area contributed by atoms with Crippen LogP contribution in [0.5, 0.6) is 17.2 Å². The molecule has 3 aromatic carbocycles. The van der Waals surface area contributed by atoms with Crippen molar-refractivity contribution in [1.29, 1.82) is 0 Å². The number of nitrogens with one attached hydrogen (secondary N) is 1. The monoisotopic (exact) mass is 458 g/mol.